The van der Waals surface area contributed by atoms with Gasteiger partial charge >= 0.3 is 0 Å². The van der Waals surface area contributed by atoms with Crippen LogP contribution in [0.15, 0.2) is 36.7 Å². The van der Waals surface area contributed by atoms with Gasteiger partial charge in [-0.25, -0.2) is 9.97 Å². The second-order valence-corrected chi connectivity index (χ2v) is 4.17. The van der Waals surface area contributed by atoms with Gasteiger partial charge in [0.2, 0.25) is 0 Å². The maximum atomic E-state index is 5.46. The van der Waals surface area contributed by atoms with Crippen molar-refractivity contribution < 1.29 is 4.74 Å². The van der Waals surface area contributed by atoms with E-state index in [1.165, 1.54) is 0 Å². The van der Waals surface area contributed by atoms with Crippen molar-refractivity contribution in [2.75, 3.05) is 11.9 Å². The van der Waals surface area contributed by atoms with Crippen LogP contribution in [-0.2, 0) is 0 Å². The highest BCUT2D eigenvalue weighted by molar-refractivity contribution is 7.80. The van der Waals surface area contributed by atoms with Crippen LogP contribution in [0.25, 0.3) is 0 Å². The lowest BCUT2D eigenvalue weighted by atomic mass is 10.3. The van der Waals surface area contributed by atoms with E-state index >= 15 is 0 Å². The SMILES string of the molecule is CCOc1ccc(Nc2cnc(C(N)=S)cn2)cc1. The summed E-state index contributed by atoms with van der Waals surface area (Å²) in [5.74, 6) is 1.46. The molecule has 5 nitrogen and oxygen atoms in total. The Morgan fingerprint density at radius 2 is 2.00 bits per heavy atom. The molecule has 0 radical (unpaired) electrons. The summed E-state index contributed by atoms with van der Waals surface area (Å²) in [6, 6.07) is 7.60. The first kappa shape index (κ1) is 13.2. The maximum Gasteiger partial charge on any atom is 0.148 e. The fourth-order valence-electron chi connectivity index (χ4n) is 1.47. The summed E-state index contributed by atoms with van der Waals surface area (Å²) in [4.78, 5) is 8.52. The van der Waals surface area contributed by atoms with E-state index in [2.05, 4.69) is 15.3 Å². The Morgan fingerprint density at radius 3 is 2.53 bits per heavy atom. The molecular formula is C13H14N4OS. The van der Waals surface area contributed by atoms with Crippen LogP contribution < -0.4 is 15.8 Å². The Labute approximate surface area is 116 Å². The van der Waals surface area contributed by atoms with Crippen molar-refractivity contribution in [1.29, 1.82) is 0 Å². The summed E-state index contributed by atoms with van der Waals surface area (Å²) in [5.41, 5.74) is 6.87. The third kappa shape index (κ3) is 3.62. The first-order valence-electron chi connectivity index (χ1n) is 5.81. The maximum absolute atomic E-state index is 5.46. The molecule has 0 aliphatic rings. The first-order valence-corrected chi connectivity index (χ1v) is 6.21. The van der Waals surface area contributed by atoms with E-state index in [9.17, 15) is 0 Å². The van der Waals surface area contributed by atoms with Crippen LogP contribution in [0.3, 0.4) is 0 Å². The van der Waals surface area contributed by atoms with E-state index in [1.807, 2.05) is 31.2 Å². The minimum absolute atomic E-state index is 0.236. The van der Waals surface area contributed by atoms with Crippen molar-refractivity contribution in [1.82, 2.24) is 9.97 Å². The molecule has 0 atom stereocenters. The summed E-state index contributed by atoms with van der Waals surface area (Å²) < 4.78 is 5.37. The number of benzene rings is 1. The molecule has 0 bridgehead atoms. The lowest BCUT2D eigenvalue weighted by Gasteiger charge is -2.07. The van der Waals surface area contributed by atoms with Crippen molar-refractivity contribution in [3.8, 4) is 5.75 Å². The lowest BCUT2D eigenvalue weighted by Crippen LogP contribution is -2.12. The van der Waals surface area contributed by atoms with E-state index in [0.29, 0.717) is 18.1 Å². The molecule has 0 saturated carbocycles. The van der Waals surface area contributed by atoms with Crippen LogP contribution in [0.4, 0.5) is 11.5 Å². The highest BCUT2D eigenvalue weighted by atomic mass is 32.1. The molecule has 1 heterocycles. The molecule has 0 amide bonds. The van der Waals surface area contributed by atoms with E-state index in [4.69, 9.17) is 22.7 Å². The van der Waals surface area contributed by atoms with Gasteiger partial charge in [0.25, 0.3) is 0 Å². The van der Waals surface area contributed by atoms with Crippen LogP contribution in [0.5, 0.6) is 5.75 Å². The molecule has 0 fully saturated rings. The molecule has 0 saturated heterocycles. The van der Waals surface area contributed by atoms with Crippen LogP contribution >= 0.6 is 12.2 Å². The van der Waals surface area contributed by atoms with Crippen molar-refractivity contribution in [3.05, 3.63) is 42.4 Å². The Balaban J connectivity index is 2.06. The van der Waals surface area contributed by atoms with Gasteiger partial charge in [0.05, 0.1) is 19.0 Å². The molecule has 19 heavy (non-hydrogen) atoms. The van der Waals surface area contributed by atoms with Crippen LogP contribution in [-0.4, -0.2) is 21.6 Å². The first-order chi connectivity index (χ1) is 9.19. The van der Waals surface area contributed by atoms with E-state index < -0.39 is 0 Å². The lowest BCUT2D eigenvalue weighted by molar-refractivity contribution is 0.340. The van der Waals surface area contributed by atoms with Gasteiger partial charge in [0.1, 0.15) is 22.2 Å². The zero-order chi connectivity index (χ0) is 13.7. The zero-order valence-electron chi connectivity index (χ0n) is 10.5. The largest absolute Gasteiger partial charge is 0.494 e. The average molecular weight is 274 g/mol. The number of nitrogens with two attached hydrogens (primary N) is 1. The fourth-order valence-corrected chi connectivity index (χ4v) is 1.57. The van der Waals surface area contributed by atoms with Gasteiger partial charge in [-0.3, -0.25) is 0 Å². The molecule has 0 unspecified atom stereocenters. The van der Waals surface area contributed by atoms with Gasteiger partial charge in [-0.1, -0.05) is 12.2 Å². The van der Waals surface area contributed by atoms with Gasteiger partial charge in [-0.2, -0.15) is 0 Å². The van der Waals surface area contributed by atoms with E-state index in [0.717, 1.165) is 11.4 Å². The smallest absolute Gasteiger partial charge is 0.148 e. The number of hydrogen-bond acceptors (Lipinski definition) is 5. The Morgan fingerprint density at radius 1 is 1.26 bits per heavy atom. The van der Waals surface area contributed by atoms with E-state index in [1.54, 1.807) is 12.4 Å². The van der Waals surface area contributed by atoms with E-state index in [-0.39, 0.29) is 4.99 Å². The number of hydrogen-bond donors (Lipinski definition) is 2. The standard InChI is InChI=1S/C13H14N4OS/c1-2-18-10-5-3-9(4-6-10)17-12-8-15-11(7-16-12)13(14)19/h3-8H,2H2,1H3,(H2,14,19)(H,16,17). The zero-order valence-corrected chi connectivity index (χ0v) is 11.3. The predicted molar refractivity (Wildman–Crippen MR) is 78.8 cm³/mol. The third-order valence-corrected chi connectivity index (χ3v) is 2.55. The minimum Gasteiger partial charge on any atom is -0.494 e. The fraction of sp³-hybridized carbons (Fsp3) is 0.154. The van der Waals surface area contributed by atoms with Gasteiger partial charge in [-0.15, -0.1) is 0 Å². The monoisotopic (exact) mass is 274 g/mol. The Bertz CT molecular complexity index is 554. The second-order valence-electron chi connectivity index (χ2n) is 3.73. The predicted octanol–water partition coefficient (Wildman–Crippen LogP) is 2.25. The number of anilines is 2. The van der Waals surface area contributed by atoms with Crippen LogP contribution in [0.1, 0.15) is 12.6 Å². The third-order valence-electron chi connectivity index (χ3n) is 2.34. The highest BCUT2D eigenvalue weighted by Gasteiger charge is 2.01. The number of aromatic nitrogens is 2. The Kier molecular flexibility index (Phi) is 4.25. The quantitative estimate of drug-likeness (QED) is 0.815. The number of rotatable bonds is 5. The molecule has 1 aromatic heterocycles. The summed E-state index contributed by atoms with van der Waals surface area (Å²) in [6.07, 6.45) is 3.13. The molecule has 2 aromatic rings. The summed E-state index contributed by atoms with van der Waals surface area (Å²) in [5, 5.41) is 3.13. The van der Waals surface area contributed by atoms with Crippen LogP contribution in [0, 0.1) is 0 Å². The molecular weight excluding hydrogens is 260 g/mol. The van der Waals surface area contributed by atoms with Gasteiger partial charge in [0.15, 0.2) is 0 Å². The highest BCUT2D eigenvalue weighted by Crippen LogP contribution is 2.18. The van der Waals surface area contributed by atoms with Gasteiger partial charge in [-0.05, 0) is 31.2 Å². The van der Waals surface area contributed by atoms with Crippen molar-refractivity contribution >= 4 is 28.7 Å². The molecule has 3 N–H and O–H groups in total. The van der Waals surface area contributed by atoms with Crippen LogP contribution in [0.2, 0.25) is 0 Å². The molecule has 0 aliphatic carbocycles. The van der Waals surface area contributed by atoms with Gasteiger partial charge < -0.3 is 15.8 Å². The van der Waals surface area contributed by atoms with Gasteiger partial charge in [0, 0.05) is 5.69 Å². The number of thiocarbonyl (C=S) groups is 1. The topological polar surface area (TPSA) is 73.1 Å². The number of nitrogens with zero attached hydrogens (tertiary/aromatic N) is 2. The molecule has 0 aliphatic heterocycles. The summed E-state index contributed by atoms with van der Waals surface area (Å²) >= 11 is 4.82. The molecule has 6 heteroatoms. The molecule has 0 spiro atoms. The van der Waals surface area contributed by atoms with Crippen molar-refractivity contribution in [2.24, 2.45) is 5.73 Å². The Hall–Kier alpha value is -2.21. The molecule has 98 valence electrons. The van der Waals surface area contributed by atoms with Crippen molar-refractivity contribution in [3.63, 3.8) is 0 Å². The molecule has 2 rings (SSSR count). The van der Waals surface area contributed by atoms with Crippen molar-refractivity contribution in [2.45, 2.75) is 6.92 Å². The summed E-state index contributed by atoms with van der Waals surface area (Å²) in [6.45, 7) is 2.60. The molecule has 1 aromatic carbocycles. The minimum atomic E-state index is 0.236. The number of nitrogens with one attached hydrogen (secondary N) is 1. The normalized spacial score (nSPS) is 9.95. The second kappa shape index (κ2) is 6.10. The summed E-state index contributed by atoms with van der Waals surface area (Å²) in [7, 11) is 0. The average Bonchev–Trinajstić information content (AvgIpc) is 2.42. The number of ether oxygens (including phenoxy) is 1.